The number of anilines is 1. The number of thioether (sulfide) groups is 2. The van der Waals surface area contributed by atoms with Gasteiger partial charge in [-0.25, -0.2) is 4.79 Å². The van der Waals surface area contributed by atoms with Crippen LogP contribution in [-0.4, -0.2) is 59.2 Å². The Kier molecular flexibility index (Phi) is 10.5. The Hall–Kier alpha value is -1.87. The molecule has 2 aromatic carbocycles. The van der Waals surface area contributed by atoms with Crippen LogP contribution in [0.1, 0.15) is 16.8 Å². The predicted octanol–water partition coefficient (Wildman–Crippen LogP) is 3.79. The molecule has 0 saturated carbocycles. The monoisotopic (exact) mass is 481 g/mol. The van der Waals surface area contributed by atoms with Gasteiger partial charge in [0.25, 0.3) is 5.91 Å². The highest BCUT2D eigenvalue weighted by atomic mass is 35.5. The fourth-order valence-electron chi connectivity index (χ4n) is 3.25. The maximum atomic E-state index is 13.0. The number of hydrogen-bond acceptors (Lipinski definition) is 6. The third-order valence-corrected chi connectivity index (χ3v) is 6.56. The van der Waals surface area contributed by atoms with Crippen molar-refractivity contribution in [3.8, 4) is 11.1 Å². The van der Waals surface area contributed by atoms with Crippen molar-refractivity contribution >= 4 is 53.5 Å². The molecule has 1 fully saturated rings. The summed E-state index contributed by atoms with van der Waals surface area (Å²) >= 11 is 3.44. The Balaban J connectivity index is 0.00000341. The molecule has 4 N–H and O–H groups in total. The molecule has 6 nitrogen and oxygen atoms in total. The van der Waals surface area contributed by atoms with Gasteiger partial charge in [-0.05, 0) is 47.8 Å². The summed E-state index contributed by atoms with van der Waals surface area (Å²) in [5, 5.41) is 19.0. The van der Waals surface area contributed by atoms with Crippen molar-refractivity contribution in [1.29, 1.82) is 0 Å². The molecule has 1 aliphatic rings. The summed E-state index contributed by atoms with van der Waals surface area (Å²) in [7, 11) is 0. The maximum Gasteiger partial charge on any atom is 0.326 e. The first kappa shape index (κ1) is 25.4. The lowest BCUT2D eigenvalue weighted by Gasteiger charge is -2.18. The molecule has 1 amide bonds. The minimum atomic E-state index is -1.01. The Morgan fingerprint density at radius 2 is 2.03 bits per heavy atom. The van der Waals surface area contributed by atoms with Gasteiger partial charge < -0.3 is 21.1 Å². The average molecular weight is 482 g/mol. The SMILES string of the molecule is CSCC[C@H](NC(=O)c1ccc(NC[C@@H]2CSCN2)cc1-c1ccccc1)C(=O)O.Cl. The molecular formula is C22H28ClN3O3S2. The number of benzene rings is 2. The quantitative estimate of drug-likeness (QED) is 0.410. The fraction of sp³-hybridized carbons (Fsp3) is 0.364. The van der Waals surface area contributed by atoms with Crippen molar-refractivity contribution in [1.82, 2.24) is 10.6 Å². The molecule has 31 heavy (non-hydrogen) atoms. The van der Waals surface area contributed by atoms with E-state index < -0.39 is 12.0 Å². The molecule has 9 heteroatoms. The lowest BCUT2D eigenvalue weighted by Crippen LogP contribution is -2.41. The maximum absolute atomic E-state index is 13.0. The van der Waals surface area contributed by atoms with Crippen molar-refractivity contribution in [2.75, 3.05) is 35.5 Å². The van der Waals surface area contributed by atoms with E-state index in [1.54, 1.807) is 17.8 Å². The van der Waals surface area contributed by atoms with Gasteiger partial charge in [0.2, 0.25) is 0 Å². The van der Waals surface area contributed by atoms with E-state index in [0.717, 1.165) is 35.0 Å². The molecule has 0 spiro atoms. The van der Waals surface area contributed by atoms with Crippen LogP contribution in [-0.2, 0) is 4.79 Å². The van der Waals surface area contributed by atoms with E-state index in [2.05, 4.69) is 16.0 Å². The van der Waals surface area contributed by atoms with Crippen molar-refractivity contribution in [2.24, 2.45) is 0 Å². The molecule has 1 saturated heterocycles. The summed E-state index contributed by atoms with van der Waals surface area (Å²) in [5.41, 5.74) is 3.09. The first-order valence-electron chi connectivity index (χ1n) is 9.85. The van der Waals surface area contributed by atoms with E-state index in [9.17, 15) is 14.7 Å². The molecule has 0 radical (unpaired) electrons. The minimum Gasteiger partial charge on any atom is -0.480 e. The average Bonchev–Trinajstić information content (AvgIpc) is 3.29. The van der Waals surface area contributed by atoms with Gasteiger partial charge in [0.05, 0.1) is 0 Å². The Labute approximate surface area is 197 Å². The fourth-order valence-corrected chi connectivity index (χ4v) is 4.71. The van der Waals surface area contributed by atoms with Crippen LogP contribution < -0.4 is 16.0 Å². The molecule has 0 aliphatic carbocycles. The summed E-state index contributed by atoms with van der Waals surface area (Å²) in [4.78, 5) is 24.5. The summed E-state index contributed by atoms with van der Waals surface area (Å²) in [6.07, 6.45) is 2.30. The summed E-state index contributed by atoms with van der Waals surface area (Å²) < 4.78 is 0. The van der Waals surface area contributed by atoms with Gasteiger partial charge in [-0.15, -0.1) is 24.2 Å². The number of carbonyl (C=O) groups is 2. The molecule has 0 aromatic heterocycles. The largest absolute Gasteiger partial charge is 0.480 e. The zero-order valence-electron chi connectivity index (χ0n) is 17.3. The second-order valence-electron chi connectivity index (χ2n) is 7.07. The van der Waals surface area contributed by atoms with Crippen LogP contribution in [0.25, 0.3) is 11.1 Å². The van der Waals surface area contributed by atoms with Crippen molar-refractivity contribution < 1.29 is 14.7 Å². The number of carboxylic acids is 1. The van der Waals surface area contributed by atoms with Crippen LogP contribution in [0.5, 0.6) is 0 Å². The third kappa shape index (κ3) is 7.35. The number of carbonyl (C=O) groups excluding carboxylic acids is 1. The van der Waals surface area contributed by atoms with Gasteiger partial charge in [-0.3, -0.25) is 4.79 Å². The van der Waals surface area contributed by atoms with Gasteiger partial charge in [-0.2, -0.15) is 11.8 Å². The topological polar surface area (TPSA) is 90.5 Å². The summed E-state index contributed by atoms with van der Waals surface area (Å²) in [6, 6.07) is 14.8. The number of halogens is 1. The Bertz CT molecular complexity index is 864. The van der Waals surface area contributed by atoms with Gasteiger partial charge in [0, 0.05) is 35.5 Å². The molecule has 2 atom stereocenters. The normalized spacial score (nSPS) is 16.2. The van der Waals surface area contributed by atoms with E-state index in [1.807, 2.05) is 60.5 Å². The number of amides is 1. The molecular weight excluding hydrogens is 454 g/mol. The van der Waals surface area contributed by atoms with E-state index >= 15 is 0 Å². The molecule has 1 heterocycles. The van der Waals surface area contributed by atoms with E-state index in [0.29, 0.717) is 23.8 Å². The molecule has 3 rings (SSSR count). The zero-order chi connectivity index (χ0) is 21.3. The van der Waals surface area contributed by atoms with Crippen LogP contribution in [0.15, 0.2) is 48.5 Å². The smallest absolute Gasteiger partial charge is 0.326 e. The van der Waals surface area contributed by atoms with Gasteiger partial charge in [0.15, 0.2) is 0 Å². The van der Waals surface area contributed by atoms with Crippen LogP contribution >= 0.6 is 35.9 Å². The minimum absolute atomic E-state index is 0. The van der Waals surface area contributed by atoms with Gasteiger partial charge in [-0.1, -0.05) is 30.3 Å². The van der Waals surface area contributed by atoms with Crippen LogP contribution in [0, 0.1) is 0 Å². The second kappa shape index (κ2) is 12.9. The zero-order valence-corrected chi connectivity index (χ0v) is 19.7. The Morgan fingerprint density at radius 3 is 2.68 bits per heavy atom. The number of aliphatic carboxylic acids is 1. The Morgan fingerprint density at radius 1 is 1.26 bits per heavy atom. The summed E-state index contributed by atoms with van der Waals surface area (Å²) in [6.45, 7) is 0.808. The van der Waals surface area contributed by atoms with Crippen LogP contribution in [0.4, 0.5) is 5.69 Å². The molecule has 2 aromatic rings. The number of rotatable bonds is 10. The number of hydrogen-bond donors (Lipinski definition) is 4. The second-order valence-corrected chi connectivity index (χ2v) is 9.09. The highest BCUT2D eigenvalue weighted by molar-refractivity contribution is 7.99. The summed E-state index contributed by atoms with van der Waals surface area (Å²) in [5.74, 6) is 1.33. The predicted molar refractivity (Wildman–Crippen MR) is 134 cm³/mol. The highest BCUT2D eigenvalue weighted by Gasteiger charge is 2.22. The third-order valence-electron chi connectivity index (χ3n) is 4.91. The van der Waals surface area contributed by atoms with E-state index in [-0.39, 0.29) is 18.3 Å². The number of nitrogens with one attached hydrogen (secondary N) is 3. The van der Waals surface area contributed by atoms with E-state index in [1.165, 1.54) is 0 Å². The molecule has 168 valence electrons. The first-order valence-corrected chi connectivity index (χ1v) is 12.4. The lowest BCUT2D eigenvalue weighted by molar-refractivity contribution is -0.139. The molecule has 1 aliphatic heterocycles. The molecule has 0 unspecified atom stereocenters. The van der Waals surface area contributed by atoms with Crippen LogP contribution in [0.3, 0.4) is 0 Å². The van der Waals surface area contributed by atoms with Crippen molar-refractivity contribution in [3.05, 3.63) is 54.1 Å². The molecule has 0 bridgehead atoms. The van der Waals surface area contributed by atoms with Gasteiger partial charge in [0.1, 0.15) is 6.04 Å². The van der Waals surface area contributed by atoms with Crippen molar-refractivity contribution in [3.63, 3.8) is 0 Å². The first-order chi connectivity index (χ1) is 14.6. The van der Waals surface area contributed by atoms with E-state index in [4.69, 9.17) is 0 Å². The lowest BCUT2D eigenvalue weighted by atomic mass is 9.98. The van der Waals surface area contributed by atoms with Gasteiger partial charge >= 0.3 is 5.97 Å². The number of carboxylic acid groups (broad SMARTS) is 1. The standard InChI is InChI=1S/C22H27N3O3S2.ClH/c1-29-10-9-20(22(27)28)25-21(26)18-8-7-16(23-12-17-13-30-14-24-17)11-19(18)15-5-3-2-4-6-15;/h2-8,11,17,20,23-24H,9-10,12-14H2,1H3,(H,25,26)(H,27,28);1H/t17-,20+;/m1./s1. The highest BCUT2D eigenvalue weighted by Crippen LogP contribution is 2.27. The van der Waals surface area contributed by atoms with Crippen molar-refractivity contribution in [2.45, 2.75) is 18.5 Å². The van der Waals surface area contributed by atoms with Crippen LogP contribution in [0.2, 0.25) is 0 Å².